The summed E-state index contributed by atoms with van der Waals surface area (Å²) in [5, 5.41) is 3.98. The van der Waals surface area contributed by atoms with Crippen molar-refractivity contribution in [3.63, 3.8) is 0 Å². The average molecular weight is 360 g/mol. The second kappa shape index (κ2) is 7.86. The van der Waals surface area contributed by atoms with Crippen molar-refractivity contribution in [3.05, 3.63) is 67.1 Å². The Balaban J connectivity index is 1.25. The lowest BCUT2D eigenvalue weighted by Crippen LogP contribution is -2.29. The molecule has 0 bridgehead atoms. The maximum Gasteiger partial charge on any atom is 0.239 e. The molecule has 27 heavy (non-hydrogen) atoms. The molecule has 0 saturated heterocycles. The Labute approximate surface area is 156 Å². The lowest BCUT2D eigenvalue weighted by Gasteiger charge is -2.09. The van der Waals surface area contributed by atoms with Gasteiger partial charge in [0.25, 0.3) is 0 Å². The Morgan fingerprint density at radius 2 is 1.93 bits per heavy atom. The number of ether oxygens (including phenoxy) is 1. The van der Waals surface area contributed by atoms with Gasteiger partial charge in [0.15, 0.2) is 0 Å². The Bertz CT molecular complexity index is 1070. The first-order valence-corrected chi connectivity index (χ1v) is 8.94. The van der Waals surface area contributed by atoms with Crippen LogP contribution >= 0.6 is 0 Å². The van der Waals surface area contributed by atoms with E-state index in [4.69, 9.17) is 4.74 Å². The number of hydrogen-bond donors (Lipinski definition) is 1. The monoisotopic (exact) mass is 360 g/mol. The number of amides is 1. The highest BCUT2D eigenvalue weighted by Gasteiger charge is 2.07. The molecule has 0 atom stereocenters. The third-order valence-corrected chi connectivity index (χ3v) is 4.34. The van der Waals surface area contributed by atoms with Gasteiger partial charge in [0, 0.05) is 18.1 Å². The van der Waals surface area contributed by atoms with Gasteiger partial charge in [-0.2, -0.15) is 0 Å². The largest absolute Gasteiger partial charge is 0.491 e. The van der Waals surface area contributed by atoms with Gasteiger partial charge in [-0.1, -0.05) is 30.3 Å². The van der Waals surface area contributed by atoms with Crippen molar-refractivity contribution in [1.82, 2.24) is 19.9 Å². The molecule has 1 N–H and O–H groups in total. The number of imidazole rings is 1. The molecule has 0 aliphatic rings. The van der Waals surface area contributed by atoms with E-state index in [0.29, 0.717) is 13.2 Å². The maximum absolute atomic E-state index is 12.2. The van der Waals surface area contributed by atoms with Crippen molar-refractivity contribution >= 4 is 27.8 Å². The topological polar surface area (TPSA) is 69.0 Å². The minimum Gasteiger partial charge on any atom is -0.491 e. The second-order valence-electron chi connectivity index (χ2n) is 6.24. The van der Waals surface area contributed by atoms with Crippen molar-refractivity contribution in [2.45, 2.75) is 13.0 Å². The lowest BCUT2D eigenvalue weighted by atomic mass is 10.2. The van der Waals surface area contributed by atoms with Crippen LogP contribution in [0.1, 0.15) is 6.42 Å². The zero-order chi connectivity index (χ0) is 18.5. The number of carbonyl (C=O) groups excluding carboxylic acids is 1. The summed E-state index contributed by atoms with van der Waals surface area (Å²) in [6.45, 7) is 1.34. The van der Waals surface area contributed by atoms with Gasteiger partial charge in [-0.15, -0.1) is 0 Å². The smallest absolute Gasteiger partial charge is 0.239 e. The van der Waals surface area contributed by atoms with Crippen LogP contribution in [0.4, 0.5) is 0 Å². The fraction of sp³-hybridized carbons (Fsp3) is 0.190. The number of carbonyl (C=O) groups is 1. The zero-order valence-electron chi connectivity index (χ0n) is 14.8. The molecule has 1 amide bonds. The number of fused-ring (bicyclic) bond motifs is 2. The van der Waals surface area contributed by atoms with Crippen LogP contribution in [0.15, 0.2) is 67.1 Å². The van der Waals surface area contributed by atoms with Crippen LogP contribution in [0.25, 0.3) is 21.9 Å². The fourth-order valence-electron chi connectivity index (χ4n) is 3.02. The van der Waals surface area contributed by atoms with Crippen molar-refractivity contribution in [3.8, 4) is 5.75 Å². The first-order valence-electron chi connectivity index (χ1n) is 8.94. The second-order valence-corrected chi connectivity index (χ2v) is 6.24. The number of pyridine rings is 1. The van der Waals surface area contributed by atoms with Gasteiger partial charge in [0.1, 0.15) is 17.8 Å². The van der Waals surface area contributed by atoms with E-state index in [2.05, 4.69) is 15.3 Å². The molecule has 2 heterocycles. The van der Waals surface area contributed by atoms with Crippen LogP contribution in [0, 0.1) is 0 Å². The summed E-state index contributed by atoms with van der Waals surface area (Å²) in [6, 6.07) is 17.6. The zero-order valence-corrected chi connectivity index (χ0v) is 14.8. The molecule has 0 fully saturated rings. The van der Waals surface area contributed by atoms with Gasteiger partial charge in [-0.25, -0.2) is 4.98 Å². The summed E-state index contributed by atoms with van der Waals surface area (Å²) in [5.74, 6) is 0.731. The van der Waals surface area contributed by atoms with Gasteiger partial charge in [0.2, 0.25) is 5.91 Å². The van der Waals surface area contributed by atoms with Crippen LogP contribution in [-0.2, 0) is 11.3 Å². The molecular formula is C21H20N4O2. The standard InChI is InChI=1S/C21H20N4O2/c26-20(14-25-15-24-17-8-1-2-9-18(17)25)22-12-5-13-27-19-10-3-6-16-7-4-11-23-21(16)19/h1-4,6-11,15H,5,12-14H2,(H,22,26). The molecule has 0 saturated carbocycles. The molecule has 6 nitrogen and oxygen atoms in total. The van der Waals surface area contributed by atoms with E-state index < -0.39 is 0 Å². The van der Waals surface area contributed by atoms with Crippen LogP contribution in [0.5, 0.6) is 5.75 Å². The molecule has 0 aliphatic heterocycles. The van der Waals surface area contributed by atoms with Crippen molar-refractivity contribution in [2.24, 2.45) is 0 Å². The Morgan fingerprint density at radius 1 is 1.04 bits per heavy atom. The van der Waals surface area contributed by atoms with Gasteiger partial charge < -0.3 is 14.6 Å². The molecule has 0 aliphatic carbocycles. The first-order chi connectivity index (χ1) is 13.3. The Hall–Kier alpha value is -3.41. The van der Waals surface area contributed by atoms with E-state index >= 15 is 0 Å². The molecule has 2 aromatic carbocycles. The van der Waals surface area contributed by atoms with Crippen molar-refractivity contribution in [1.29, 1.82) is 0 Å². The molecular weight excluding hydrogens is 340 g/mol. The van der Waals surface area contributed by atoms with Crippen molar-refractivity contribution in [2.75, 3.05) is 13.2 Å². The van der Waals surface area contributed by atoms with E-state index in [-0.39, 0.29) is 12.5 Å². The van der Waals surface area contributed by atoms with E-state index in [9.17, 15) is 4.79 Å². The van der Waals surface area contributed by atoms with Crippen LogP contribution < -0.4 is 10.1 Å². The summed E-state index contributed by atoms with van der Waals surface area (Å²) in [5.41, 5.74) is 2.71. The van der Waals surface area contributed by atoms with E-state index in [1.165, 1.54) is 0 Å². The lowest BCUT2D eigenvalue weighted by molar-refractivity contribution is -0.121. The molecule has 136 valence electrons. The Kier molecular flexibility index (Phi) is 4.96. The molecule has 2 aromatic heterocycles. The summed E-state index contributed by atoms with van der Waals surface area (Å²) in [7, 11) is 0. The fourth-order valence-corrected chi connectivity index (χ4v) is 3.02. The van der Waals surface area contributed by atoms with Gasteiger partial charge in [-0.3, -0.25) is 9.78 Å². The Morgan fingerprint density at radius 3 is 2.89 bits per heavy atom. The summed E-state index contributed by atoms with van der Waals surface area (Å²) in [6.07, 6.45) is 4.18. The molecule has 4 aromatic rings. The van der Waals surface area contributed by atoms with Gasteiger partial charge in [0.05, 0.1) is 24.0 Å². The number of nitrogens with one attached hydrogen (secondary N) is 1. The van der Waals surface area contributed by atoms with Crippen molar-refractivity contribution < 1.29 is 9.53 Å². The SMILES string of the molecule is O=C(Cn1cnc2ccccc21)NCCCOc1cccc2cccnc12. The minimum absolute atomic E-state index is 0.0371. The quantitative estimate of drug-likeness (QED) is 0.514. The van der Waals surface area contributed by atoms with Crippen LogP contribution in [0.3, 0.4) is 0 Å². The summed E-state index contributed by atoms with van der Waals surface area (Å²) >= 11 is 0. The summed E-state index contributed by atoms with van der Waals surface area (Å²) in [4.78, 5) is 20.8. The highest BCUT2D eigenvalue weighted by Crippen LogP contribution is 2.22. The average Bonchev–Trinajstić information content (AvgIpc) is 3.11. The van der Waals surface area contributed by atoms with Crippen LogP contribution in [-0.4, -0.2) is 33.6 Å². The highest BCUT2D eigenvalue weighted by atomic mass is 16.5. The van der Waals surface area contributed by atoms with E-state index in [1.54, 1.807) is 12.5 Å². The molecule has 6 heteroatoms. The number of rotatable bonds is 7. The normalized spacial score (nSPS) is 11.0. The highest BCUT2D eigenvalue weighted by molar-refractivity contribution is 5.84. The third-order valence-electron chi connectivity index (χ3n) is 4.34. The number of hydrogen-bond acceptors (Lipinski definition) is 4. The third kappa shape index (κ3) is 3.89. The minimum atomic E-state index is -0.0371. The van der Waals surface area contributed by atoms with E-state index in [1.807, 2.05) is 59.2 Å². The molecule has 0 unspecified atom stereocenters. The maximum atomic E-state index is 12.2. The van der Waals surface area contributed by atoms with Gasteiger partial charge >= 0.3 is 0 Å². The number of nitrogens with zero attached hydrogens (tertiary/aromatic N) is 3. The predicted octanol–water partition coefficient (Wildman–Crippen LogP) is 3.17. The predicted molar refractivity (Wildman–Crippen MR) is 105 cm³/mol. The molecule has 0 radical (unpaired) electrons. The summed E-state index contributed by atoms with van der Waals surface area (Å²) < 4.78 is 7.69. The number of para-hydroxylation sites is 3. The number of benzene rings is 2. The first kappa shape index (κ1) is 17.0. The van der Waals surface area contributed by atoms with Crippen LogP contribution in [0.2, 0.25) is 0 Å². The molecule has 4 rings (SSSR count). The van der Waals surface area contributed by atoms with Gasteiger partial charge in [-0.05, 0) is 30.7 Å². The number of aromatic nitrogens is 3. The van der Waals surface area contributed by atoms with E-state index in [0.717, 1.165) is 34.1 Å². The molecule has 0 spiro atoms.